The summed E-state index contributed by atoms with van der Waals surface area (Å²) in [6.07, 6.45) is 2.99. The monoisotopic (exact) mass is 343 g/mol. The topological polar surface area (TPSA) is 87.3 Å². The first kappa shape index (κ1) is 17.4. The highest BCUT2D eigenvalue weighted by molar-refractivity contribution is 7.10. The minimum atomic E-state index is -0.439. The maximum absolute atomic E-state index is 11.7. The van der Waals surface area contributed by atoms with Gasteiger partial charge in [0.05, 0.1) is 0 Å². The third-order valence-corrected chi connectivity index (χ3v) is 3.74. The fraction of sp³-hybridized carbons (Fsp3) is 0.118. The van der Waals surface area contributed by atoms with Gasteiger partial charge in [0.1, 0.15) is 0 Å². The number of hydrogen-bond acceptors (Lipinski definition) is 4. The molecule has 0 unspecified atom stereocenters. The number of nitrogens with one attached hydrogen (secondary N) is 3. The fourth-order valence-corrected chi connectivity index (χ4v) is 2.37. The van der Waals surface area contributed by atoms with Crippen molar-refractivity contribution in [3.63, 3.8) is 0 Å². The number of thiophene rings is 1. The number of hydrogen-bond donors (Lipinski definition) is 3. The Balaban J connectivity index is 1.64. The first-order valence-electron chi connectivity index (χ1n) is 7.29. The van der Waals surface area contributed by atoms with E-state index in [-0.39, 0.29) is 18.7 Å². The third kappa shape index (κ3) is 6.45. The maximum atomic E-state index is 11.7. The van der Waals surface area contributed by atoms with Crippen LogP contribution in [0, 0.1) is 0 Å². The molecule has 1 aromatic carbocycles. The highest BCUT2D eigenvalue weighted by Crippen LogP contribution is 2.09. The van der Waals surface area contributed by atoms with Crippen molar-refractivity contribution in [1.29, 1.82) is 0 Å². The second-order valence-corrected chi connectivity index (χ2v) is 5.78. The van der Waals surface area contributed by atoms with E-state index >= 15 is 0 Å². The lowest BCUT2D eigenvalue weighted by molar-refractivity contribution is -0.128. The van der Waals surface area contributed by atoms with E-state index in [0.29, 0.717) is 5.69 Å². The molecule has 0 aliphatic heterocycles. The van der Waals surface area contributed by atoms with Crippen molar-refractivity contribution >= 4 is 40.8 Å². The molecule has 3 N–H and O–H groups in total. The van der Waals surface area contributed by atoms with Crippen LogP contribution in [0.5, 0.6) is 0 Å². The predicted molar refractivity (Wildman–Crippen MR) is 93.9 cm³/mol. The van der Waals surface area contributed by atoms with Crippen molar-refractivity contribution < 1.29 is 14.4 Å². The van der Waals surface area contributed by atoms with Crippen molar-refractivity contribution in [2.24, 2.45) is 0 Å². The molecular formula is C17H17N3O3S. The van der Waals surface area contributed by atoms with Gasteiger partial charge in [-0.05, 0) is 29.7 Å². The quantitative estimate of drug-likeness (QED) is 0.556. The zero-order valence-electron chi connectivity index (χ0n) is 12.8. The zero-order chi connectivity index (χ0) is 17.2. The van der Waals surface area contributed by atoms with Crippen LogP contribution >= 0.6 is 11.3 Å². The van der Waals surface area contributed by atoms with Crippen LogP contribution in [0.25, 0.3) is 6.08 Å². The number of rotatable bonds is 6. The minimum absolute atomic E-state index is 0.0203. The van der Waals surface area contributed by atoms with Gasteiger partial charge in [-0.3, -0.25) is 25.2 Å². The lowest BCUT2D eigenvalue weighted by atomic mass is 10.2. The first-order chi connectivity index (χ1) is 11.6. The number of hydrazine groups is 1. The van der Waals surface area contributed by atoms with E-state index in [4.69, 9.17) is 0 Å². The van der Waals surface area contributed by atoms with Crippen LogP contribution in [0.2, 0.25) is 0 Å². The lowest BCUT2D eigenvalue weighted by Crippen LogP contribution is -2.40. The van der Waals surface area contributed by atoms with Gasteiger partial charge in [-0.2, -0.15) is 0 Å². The smallest absolute Gasteiger partial charge is 0.262 e. The Kier molecular flexibility index (Phi) is 6.73. The molecule has 0 radical (unpaired) electrons. The first-order valence-corrected chi connectivity index (χ1v) is 8.17. The van der Waals surface area contributed by atoms with E-state index in [9.17, 15) is 14.4 Å². The molecule has 2 rings (SSSR count). The number of carbonyl (C=O) groups excluding carboxylic acids is 3. The molecule has 6 nitrogen and oxygen atoms in total. The van der Waals surface area contributed by atoms with E-state index in [0.717, 1.165) is 4.88 Å². The molecule has 0 fully saturated rings. The van der Waals surface area contributed by atoms with Crippen molar-refractivity contribution in [2.45, 2.75) is 12.8 Å². The molecule has 0 saturated carbocycles. The summed E-state index contributed by atoms with van der Waals surface area (Å²) in [5.41, 5.74) is 5.21. The van der Waals surface area contributed by atoms with Crippen molar-refractivity contribution in [3.8, 4) is 0 Å². The Morgan fingerprint density at radius 2 is 1.67 bits per heavy atom. The van der Waals surface area contributed by atoms with Crippen molar-refractivity contribution in [1.82, 2.24) is 10.9 Å². The Labute approximate surface area is 143 Å². The van der Waals surface area contributed by atoms with Gasteiger partial charge < -0.3 is 5.32 Å². The SMILES string of the molecule is O=C(C=Cc1cccs1)NNC(=O)CCC(=O)Nc1ccccc1. The number of para-hydroxylation sites is 1. The van der Waals surface area contributed by atoms with Gasteiger partial charge in [-0.1, -0.05) is 24.3 Å². The van der Waals surface area contributed by atoms with Crippen LogP contribution in [0.3, 0.4) is 0 Å². The summed E-state index contributed by atoms with van der Waals surface area (Å²) in [5.74, 6) is -1.14. The van der Waals surface area contributed by atoms with E-state index in [2.05, 4.69) is 16.2 Å². The summed E-state index contributed by atoms with van der Waals surface area (Å²) in [5, 5.41) is 4.58. The van der Waals surface area contributed by atoms with Crippen LogP contribution in [-0.2, 0) is 14.4 Å². The summed E-state index contributed by atoms with van der Waals surface area (Å²) < 4.78 is 0. The summed E-state index contributed by atoms with van der Waals surface area (Å²) in [6, 6.07) is 12.7. The normalized spacial score (nSPS) is 10.3. The van der Waals surface area contributed by atoms with Crippen LogP contribution in [0.4, 0.5) is 5.69 Å². The molecule has 0 saturated heterocycles. The van der Waals surface area contributed by atoms with Gasteiger partial charge in [-0.15, -0.1) is 11.3 Å². The van der Waals surface area contributed by atoms with Gasteiger partial charge in [0.25, 0.3) is 5.91 Å². The highest BCUT2D eigenvalue weighted by Gasteiger charge is 2.07. The second kappa shape index (κ2) is 9.26. The molecule has 3 amide bonds. The summed E-state index contributed by atoms with van der Waals surface area (Å²) in [7, 11) is 0. The van der Waals surface area contributed by atoms with Gasteiger partial charge in [0, 0.05) is 29.5 Å². The molecule has 24 heavy (non-hydrogen) atoms. The Morgan fingerprint density at radius 1 is 0.917 bits per heavy atom. The van der Waals surface area contributed by atoms with E-state index in [1.165, 1.54) is 17.4 Å². The van der Waals surface area contributed by atoms with Crippen molar-refractivity contribution in [2.75, 3.05) is 5.32 Å². The number of amides is 3. The van der Waals surface area contributed by atoms with Gasteiger partial charge in [-0.25, -0.2) is 0 Å². The Morgan fingerprint density at radius 3 is 2.38 bits per heavy atom. The predicted octanol–water partition coefficient (Wildman–Crippen LogP) is 2.33. The molecule has 1 heterocycles. The molecule has 0 aliphatic carbocycles. The summed E-state index contributed by atoms with van der Waals surface area (Å²) in [6.45, 7) is 0. The second-order valence-electron chi connectivity index (χ2n) is 4.80. The molecule has 0 aliphatic rings. The standard InChI is InChI=1S/C17H17N3O3S/c21-15(18-13-5-2-1-3-6-13)10-11-17(23)20-19-16(22)9-8-14-7-4-12-24-14/h1-9,12H,10-11H2,(H,18,21)(H,19,22)(H,20,23). The van der Waals surface area contributed by atoms with Crippen molar-refractivity contribution in [3.05, 3.63) is 58.8 Å². The van der Waals surface area contributed by atoms with Gasteiger partial charge in [0.15, 0.2) is 0 Å². The molecule has 2 aromatic rings. The zero-order valence-corrected chi connectivity index (χ0v) is 13.6. The molecule has 0 bridgehead atoms. The lowest BCUT2D eigenvalue weighted by Gasteiger charge is -2.06. The average molecular weight is 343 g/mol. The summed E-state index contributed by atoms with van der Waals surface area (Å²) >= 11 is 1.50. The highest BCUT2D eigenvalue weighted by atomic mass is 32.1. The molecule has 0 spiro atoms. The largest absolute Gasteiger partial charge is 0.326 e. The van der Waals surface area contributed by atoms with Crippen LogP contribution in [0.15, 0.2) is 53.9 Å². The maximum Gasteiger partial charge on any atom is 0.262 e. The molecule has 124 valence electrons. The molecule has 1 aromatic heterocycles. The van der Waals surface area contributed by atoms with E-state index in [1.54, 1.807) is 18.2 Å². The van der Waals surface area contributed by atoms with Crippen LogP contribution in [0.1, 0.15) is 17.7 Å². The van der Waals surface area contributed by atoms with E-state index in [1.807, 2.05) is 35.7 Å². The van der Waals surface area contributed by atoms with Gasteiger partial charge in [0.2, 0.25) is 11.8 Å². The number of anilines is 1. The molecular weight excluding hydrogens is 326 g/mol. The number of carbonyl (C=O) groups is 3. The van der Waals surface area contributed by atoms with Gasteiger partial charge >= 0.3 is 0 Å². The molecule has 7 heteroatoms. The van der Waals surface area contributed by atoms with Crippen LogP contribution in [-0.4, -0.2) is 17.7 Å². The number of benzene rings is 1. The fourth-order valence-electron chi connectivity index (χ4n) is 1.75. The minimum Gasteiger partial charge on any atom is -0.326 e. The van der Waals surface area contributed by atoms with E-state index < -0.39 is 11.8 Å². The Bertz CT molecular complexity index is 712. The van der Waals surface area contributed by atoms with Crippen LogP contribution < -0.4 is 16.2 Å². The molecule has 0 atom stereocenters. The average Bonchev–Trinajstić information content (AvgIpc) is 3.10. The third-order valence-electron chi connectivity index (χ3n) is 2.90. The Hall–Kier alpha value is -2.93. The summed E-state index contributed by atoms with van der Waals surface area (Å²) in [4.78, 5) is 35.8.